The monoisotopic (exact) mass is 1050 g/mol. The van der Waals surface area contributed by atoms with Crippen LogP contribution in [0.3, 0.4) is 0 Å². The van der Waals surface area contributed by atoms with Crippen LogP contribution < -0.4 is 28.4 Å². The van der Waals surface area contributed by atoms with E-state index in [-0.39, 0.29) is 24.1 Å². The van der Waals surface area contributed by atoms with E-state index in [4.69, 9.17) is 28.1 Å². The van der Waals surface area contributed by atoms with Crippen molar-refractivity contribution in [3.05, 3.63) is 107 Å². The van der Waals surface area contributed by atoms with Crippen molar-refractivity contribution in [3.63, 3.8) is 0 Å². The van der Waals surface area contributed by atoms with Crippen molar-refractivity contribution in [1.82, 2.24) is 9.80 Å². The molecule has 0 aliphatic carbocycles. The largest absolute Gasteiger partial charge is 0.494 e. The first-order chi connectivity index (χ1) is 34.6. The molecule has 1 N–H and O–H groups in total. The highest BCUT2D eigenvalue weighted by Crippen LogP contribution is 2.41. The van der Waals surface area contributed by atoms with Crippen molar-refractivity contribution in [1.29, 1.82) is 5.26 Å². The highest BCUT2D eigenvalue weighted by atomic mass is 35.5. The number of anilines is 1. The van der Waals surface area contributed by atoms with Gasteiger partial charge in [0.15, 0.2) is 28.8 Å². The van der Waals surface area contributed by atoms with Gasteiger partial charge in [-0.05, 0) is 155 Å². The summed E-state index contributed by atoms with van der Waals surface area (Å²) in [7, 11) is 5.22. The predicted molar refractivity (Wildman–Crippen MR) is 298 cm³/mol. The Hall–Kier alpha value is -5.46. The molecule has 0 radical (unpaired) electrons. The molecule has 1 atom stereocenters. The number of furan rings is 1. The number of rotatable bonds is 31. The summed E-state index contributed by atoms with van der Waals surface area (Å²) >= 11 is 0. The number of halogens is 1. The van der Waals surface area contributed by atoms with E-state index in [2.05, 4.69) is 68.3 Å². The molecule has 15 heteroatoms. The third-order valence-corrected chi connectivity index (χ3v) is 13.7. The third-order valence-electron chi connectivity index (χ3n) is 13.1. The molecule has 13 nitrogen and oxygen atoms in total. The van der Waals surface area contributed by atoms with Gasteiger partial charge in [-0.2, -0.15) is 5.26 Å². The zero-order valence-electron chi connectivity index (χ0n) is 45.4. The van der Waals surface area contributed by atoms with Crippen molar-refractivity contribution in [3.8, 4) is 34.8 Å². The van der Waals surface area contributed by atoms with Gasteiger partial charge in [-0.3, -0.25) is 9.52 Å². The topological polar surface area (TPSA) is 153 Å². The van der Waals surface area contributed by atoms with Crippen LogP contribution in [0.2, 0.25) is 0 Å². The summed E-state index contributed by atoms with van der Waals surface area (Å²) in [5.74, 6) is 4.21. The van der Waals surface area contributed by atoms with E-state index in [0.717, 1.165) is 100 Å². The number of carbonyl (C=O) groups excluding carboxylic acids is 1. The average Bonchev–Trinajstić information content (AvgIpc) is 3.74. The molecular formula is C58H83ClN4O9S. The normalized spacial score (nSPS) is 12.1. The quantitative estimate of drug-likeness (QED) is 0.0332. The number of likely N-dealkylation sites (N-methyl/N-ethyl adjacent to an activating group) is 1. The van der Waals surface area contributed by atoms with Crippen LogP contribution in [0.5, 0.6) is 28.7 Å². The zero-order valence-corrected chi connectivity index (χ0v) is 47.1. The number of nitrogens with one attached hydrogen (secondary N) is 1. The first-order valence-corrected chi connectivity index (χ1v) is 27.6. The van der Waals surface area contributed by atoms with Crippen LogP contribution in [0.15, 0.2) is 83.3 Å². The summed E-state index contributed by atoms with van der Waals surface area (Å²) < 4.78 is 59.6. The number of sulfonamides is 1. The van der Waals surface area contributed by atoms with E-state index in [9.17, 15) is 18.5 Å². The van der Waals surface area contributed by atoms with Crippen molar-refractivity contribution < 1.29 is 41.3 Å². The fourth-order valence-corrected chi connectivity index (χ4v) is 9.39. The maximum Gasteiger partial charge on any atom is 0.229 e. The van der Waals surface area contributed by atoms with Gasteiger partial charge >= 0.3 is 0 Å². The van der Waals surface area contributed by atoms with Crippen molar-refractivity contribution in [2.45, 2.75) is 111 Å². The SMILES string of the molecule is CCCCc1oc2ccc(NS(C)(=O)=O)cc2c1C(=O)c1ccc(OCCCN(CCCC)CCCC)cc1.COc1ccc(CCN(C)CCCC(C#N)(c2ccc(OC)c(OC)c2)C(C)C)cc1OC.Cl. The summed E-state index contributed by atoms with van der Waals surface area (Å²) in [6.45, 7) is 16.5. The Labute approximate surface area is 443 Å². The van der Waals surface area contributed by atoms with Gasteiger partial charge in [-0.15, -0.1) is 12.4 Å². The summed E-state index contributed by atoms with van der Waals surface area (Å²) in [5.41, 5.74) is 3.59. The van der Waals surface area contributed by atoms with E-state index in [0.29, 0.717) is 58.1 Å². The molecule has 0 saturated carbocycles. The molecule has 402 valence electrons. The number of methoxy groups -OCH3 is 4. The van der Waals surface area contributed by atoms with Crippen LogP contribution >= 0.6 is 12.4 Å². The number of ether oxygens (including phenoxy) is 5. The standard InChI is InChI=1S/C31H44N2O5S.C27H38N2O4.ClH/c1-5-8-12-29-30(27-23-25(32-39(4,35)36)15-18-28(27)38-29)31(34)24-13-16-26(17-14-24)37-22-11-21-33(19-9-6-2)20-10-7-3;1-20(2)27(19-28,22-10-12-24(31-5)26(18-22)33-7)14-8-15-29(3)16-13-21-9-11-23(30-4)25(17-21)32-6;/h13-18,23,32H,5-12,19-22H2,1-4H3;9-12,17-18,20H,8,13-16H2,1-7H3;1H. The molecule has 4 aromatic carbocycles. The number of nitrogens with zero attached hydrogens (tertiary/aromatic N) is 3. The molecule has 0 fully saturated rings. The minimum absolute atomic E-state index is 0. The Kier molecular flexibility index (Phi) is 26.5. The zero-order chi connectivity index (χ0) is 52.7. The first kappa shape index (κ1) is 61.8. The Bertz CT molecular complexity index is 2590. The second kappa shape index (κ2) is 31.3. The molecule has 0 aliphatic heterocycles. The second-order valence-corrected chi connectivity index (χ2v) is 20.6. The number of benzene rings is 4. The second-order valence-electron chi connectivity index (χ2n) is 18.8. The highest BCUT2D eigenvalue weighted by molar-refractivity contribution is 7.92. The minimum atomic E-state index is -3.45. The Morgan fingerprint density at radius 1 is 0.726 bits per heavy atom. The van der Waals surface area contributed by atoms with Crippen LogP contribution in [0.25, 0.3) is 11.0 Å². The Morgan fingerprint density at radius 2 is 1.33 bits per heavy atom. The van der Waals surface area contributed by atoms with Crippen molar-refractivity contribution in [2.24, 2.45) is 5.92 Å². The minimum Gasteiger partial charge on any atom is -0.494 e. The molecule has 0 aliphatic rings. The van der Waals surface area contributed by atoms with Gasteiger partial charge in [0.1, 0.15) is 17.1 Å². The van der Waals surface area contributed by atoms with Gasteiger partial charge in [0.2, 0.25) is 10.0 Å². The number of unbranched alkanes of at least 4 members (excludes halogenated alkanes) is 3. The van der Waals surface area contributed by atoms with Crippen molar-refractivity contribution >= 4 is 44.9 Å². The van der Waals surface area contributed by atoms with Crippen LogP contribution in [0, 0.1) is 17.2 Å². The van der Waals surface area contributed by atoms with E-state index in [1.165, 1.54) is 31.2 Å². The fraction of sp³-hybridized carbons (Fsp3) is 0.517. The first-order valence-electron chi connectivity index (χ1n) is 25.7. The van der Waals surface area contributed by atoms with E-state index >= 15 is 0 Å². The fourth-order valence-electron chi connectivity index (χ4n) is 8.84. The maximum atomic E-state index is 13.7. The predicted octanol–water partition coefficient (Wildman–Crippen LogP) is 12.6. The molecule has 0 amide bonds. The van der Waals surface area contributed by atoms with E-state index in [1.807, 2.05) is 42.5 Å². The number of nitriles is 1. The summed E-state index contributed by atoms with van der Waals surface area (Å²) in [4.78, 5) is 18.5. The Balaban J connectivity index is 0.000000385. The lowest BCUT2D eigenvalue weighted by molar-refractivity contribution is 0.103. The highest BCUT2D eigenvalue weighted by Gasteiger charge is 2.36. The molecule has 0 spiro atoms. The molecular weight excluding hydrogens is 964 g/mol. The summed E-state index contributed by atoms with van der Waals surface area (Å²) in [6, 6.07) is 26.8. The van der Waals surface area contributed by atoms with E-state index in [1.54, 1.807) is 58.8 Å². The average molecular weight is 1050 g/mol. The molecule has 73 heavy (non-hydrogen) atoms. The number of ketones is 1. The smallest absolute Gasteiger partial charge is 0.229 e. The van der Waals surface area contributed by atoms with Gasteiger partial charge in [0.25, 0.3) is 0 Å². The molecule has 0 bridgehead atoms. The molecule has 5 rings (SSSR count). The lowest BCUT2D eigenvalue weighted by atomic mass is 9.69. The third kappa shape index (κ3) is 18.5. The number of hydrogen-bond donors (Lipinski definition) is 1. The number of fused-ring (bicyclic) bond motifs is 1. The lowest BCUT2D eigenvalue weighted by Crippen LogP contribution is -2.32. The molecule has 5 aromatic rings. The van der Waals surface area contributed by atoms with Gasteiger partial charge in [0, 0.05) is 36.1 Å². The van der Waals surface area contributed by atoms with Crippen LogP contribution in [-0.2, 0) is 28.3 Å². The number of hydrogen-bond acceptors (Lipinski definition) is 12. The lowest BCUT2D eigenvalue weighted by Gasteiger charge is -2.32. The van der Waals surface area contributed by atoms with Crippen LogP contribution in [0.1, 0.15) is 125 Å². The van der Waals surface area contributed by atoms with Gasteiger partial charge < -0.3 is 37.9 Å². The van der Waals surface area contributed by atoms with Crippen molar-refractivity contribution in [2.75, 3.05) is 85.8 Å². The Morgan fingerprint density at radius 3 is 1.90 bits per heavy atom. The molecule has 1 unspecified atom stereocenters. The van der Waals surface area contributed by atoms with Crippen LogP contribution in [0.4, 0.5) is 5.69 Å². The molecule has 1 aromatic heterocycles. The molecule has 0 saturated heterocycles. The summed E-state index contributed by atoms with van der Waals surface area (Å²) in [5, 5.41) is 10.8. The summed E-state index contributed by atoms with van der Waals surface area (Å²) in [6.07, 6.45) is 12.0. The maximum absolute atomic E-state index is 13.7. The number of aryl methyl sites for hydroxylation is 1. The van der Waals surface area contributed by atoms with Gasteiger partial charge in [0.05, 0.1) is 58.3 Å². The number of carbonyl (C=O) groups is 1. The van der Waals surface area contributed by atoms with Gasteiger partial charge in [-0.25, -0.2) is 8.42 Å². The van der Waals surface area contributed by atoms with Crippen LogP contribution in [-0.4, -0.2) is 105 Å². The van der Waals surface area contributed by atoms with E-state index < -0.39 is 15.4 Å². The molecule has 1 heterocycles. The van der Waals surface area contributed by atoms with Gasteiger partial charge in [-0.1, -0.05) is 66.0 Å².